The third-order valence-electron chi connectivity index (χ3n) is 4.00. The summed E-state index contributed by atoms with van der Waals surface area (Å²) in [5, 5.41) is 17.1. The Morgan fingerprint density at radius 1 is 1.38 bits per heavy atom. The van der Waals surface area contributed by atoms with Gasteiger partial charge in [0.25, 0.3) is 0 Å². The summed E-state index contributed by atoms with van der Waals surface area (Å²) in [7, 11) is -3.51. The molecule has 12 heteroatoms. The van der Waals surface area contributed by atoms with Crippen LogP contribution in [0.25, 0.3) is 0 Å². The van der Waals surface area contributed by atoms with E-state index in [1.807, 2.05) is 6.92 Å². The first-order chi connectivity index (χ1) is 13.9. The van der Waals surface area contributed by atoms with Crippen molar-refractivity contribution >= 4 is 49.5 Å². The number of thioether (sulfide) groups is 1. The summed E-state index contributed by atoms with van der Waals surface area (Å²) in [6, 6.07) is 3.36. The number of rotatable bonds is 9. The lowest BCUT2D eigenvalue weighted by atomic mass is 10.3. The Morgan fingerprint density at radius 2 is 2.14 bits per heavy atom. The molecule has 0 saturated carbocycles. The van der Waals surface area contributed by atoms with Crippen molar-refractivity contribution in [3.8, 4) is 0 Å². The molecular weight excluding hydrogens is 480 g/mol. The van der Waals surface area contributed by atoms with Gasteiger partial charge in [-0.2, -0.15) is 4.98 Å². The lowest BCUT2D eigenvalue weighted by Gasteiger charge is -2.15. The fourth-order valence-electron chi connectivity index (χ4n) is 2.43. The predicted octanol–water partition coefficient (Wildman–Crippen LogP) is 2.26. The molecule has 9 nitrogen and oxygen atoms in total. The van der Waals surface area contributed by atoms with Gasteiger partial charge in [-0.25, -0.2) is 18.1 Å². The number of nitrogens with zero attached hydrogens (tertiary/aromatic N) is 3. The van der Waals surface area contributed by atoms with Crippen molar-refractivity contribution < 1.29 is 13.5 Å². The fourth-order valence-corrected chi connectivity index (χ4v) is 5.39. The number of pyridine rings is 1. The van der Waals surface area contributed by atoms with Crippen LogP contribution in [0.4, 0.5) is 11.8 Å². The largest absolute Gasteiger partial charge is 0.394 e. The number of hydrogen-bond acceptors (Lipinski definition) is 9. The number of hydrogen-bond donors (Lipinski definition) is 4. The minimum atomic E-state index is -3.51. The van der Waals surface area contributed by atoms with Crippen LogP contribution in [0.3, 0.4) is 0 Å². The zero-order valence-corrected chi connectivity index (χ0v) is 18.8. The van der Waals surface area contributed by atoms with Crippen LogP contribution in [-0.2, 0) is 16.6 Å². The van der Waals surface area contributed by atoms with Crippen LogP contribution in [0.2, 0.25) is 0 Å². The van der Waals surface area contributed by atoms with E-state index in [9.17, 15) is 13.5 Å². The molecule has 0 aliphatic carbocycles. The van der Waals surface area contributed by atoms with Gasteiger partial charge >= 0.3 is 0 Å². The molecule has 4 N–H and O–H groups in total. The van der Waals surface area contributed by atoms with Crippen LogP contribution in [0.15, 0.2) is 46.3 Å². The molecule has 2 aromatic heterocycles. The van der Waals surface area contributed by atoms with Crippen molar-refractivity contribution in [1.82, 2.24) is 19.7 Å². The normalized spacial score (nSPS) is 17.6. The van der Waals surface area contributed by atoms with Crippen LogP contribution >= 0.6 is 27.7 Å². The highest BCUT2D eigenvalue weighted by atomic mass is 79.9. The first-order valence-electron chi connectivity index (χ1n) is 8.76. The highest BCUT2D eigenvalue weighted by Gasteiger charge is 2.30. The summed E-state index contributed by atoms with van der Waals surface area (Å²) in [4.78, 5) is 12.5. The van der Waals surface area contributed by atoms with Gasteiger partial charge in [-0.05, 0) is 46.0 Å². The number of halogens is 1. The molecule has 1 aliphatic heterocycles. The second kappa shape index (κ2) is 9.85. The fraction of sp³-hybridized carbons (Fsp3) is 0.353. The van der Waals surface area contributed by atoms with Crippen LogP contribution in [0, 0.1) is 0 Å². The second-order valence-corrected chi connectivity index (χ2v) is 10.6. The van der Waals surface area contributed by atoms with Gasteiger partial charge in [0.05, 0.1) is 11.1 Å². The Kier molecular flexibility index (Phi) is 7.46. The molecule has 2 atom stereocenters. The van der Waals surface area contributed by atoms with Crippen LogP contribution in [0.5, 0.6) is 0 Å². The Bertz CT molecular complexity index is 974. The maximum Gasteiger partial charge on any atom is 0.228 e. The second-order valence-electron chi connectivity index (χ2n) is 6.38. The first-order valence-corrected chi connectivity index (χ1v) is 12.0. The van der Waals surface area contributed by atoms with Crippen LogP contribution in [-0.4, -0.2) is 45.7 Å². The summed E-state index contributed by atoms with van der Waals surface area (Å²) >= 11 is 4.60. The zero-order valence-electron chi connectivity index (χ0n) is 15.5. The van der Waals surface area contributed by atoms with E-state index >= 15 is 0 Å². The molecule has 0 radical (unpaired) electrons. The lowest BCUT2D eigenvalue weighted by Crippen LogP contribution is -2.31. The quantitative estimate of drug-likeness (QED) is 0.409. The average Bonchev–Trinajstić information content (AvgIpc) is 3.19. The van der Waals surface area contributed by atoms with Crippen LogP contribution in [0.1, 0.15) is 18.9 Å². The van der Waals surface area contributed by atoms with E-state index in [-0.39, 0.29) is 19.2 Å². The Balaban J connectivity index is 1.58. The van der Waals surface area contributed by atoms with Crippen molar-refractivity contribution in [1.29, 1.82) is 0 Å². The van der Waals surface area contributed by atoms with E-state index in [0.717, 1.165) is 11.3 Å². The SMILES string of the molecule is C[C@H](CO)Nc1nc(NC2=CSC(S(=O)(=O)NCc3ccncc3)C2)ncc1Br. The maximum absolute atomic E-state index is 12.6. The zero-order chi connectivity index (χ0) is 20.9. The number of aliphatic hydroxyl groups excluding tert-OH is 1. The highest BCUT2D eigenvalue weighted by Crippen LogP contribution is 2.34. The number of nitrogens with one attached hydrogen (secondary N) is 3. The standard InChI is InChI=1S/C17H21BrN6O3S2/c1-11(9-25)22-16-14(18)8-20-17(24-16)23-13-6-15(28-10-13)29(26,27)21-7-12-2-4-19-5-3-12/h2-5,8,10-11,15,21,25H,6-7,9H2,1H3,(H2,20,22,23,24)/t11-,15?/m1/s1. The van der Waals surface area contributed by atoms with E-state index in [0.29, 0.717) is 22.7 Å². The van der Waals surface area contributed by atoms with Crippen molar-refractivity contribution in [2.45, 2.75) is 30.5 Å². The smallest absolute Gasteiger partial charge is 0.228 e. The highest BCUT2D eigenvalue weighted by molar-refractivity contribution is 9.10. The van der Waals surface area contributed by atoms with Crippen molar-refractivity contribution in [2.24, 2.45) is 0 Å². The molecule has 29 heavy (non-hydrogen) atoms. The predicted molar refractivity (Wildman–Crippen MR) is 118 cm³/mol. The molecule has 3 heterocycles. The average molecular weight is 501 g/mol. The van der Waals surface area contributed by atoms with E-state index in [1.54, 1.807) is 36.1 Å². The number of aromatic nitrogens is 3. The number of aliphatic hydroxyl groups is 1. The van der Waals surface area contributed by atoms with Gasteiger partial charge in [0, 0.05) is 43.3 Å². The van der Waals surface area contributed by atoms with Gasteiger partial charge in [-0.3, -0.25) is 4.98 Å². The summed E-state index contributed by atoms with van der Waals surface area (Å²) in [6.07, 6.45) is 5.15. The molecule has 2 aromatic rings. The van der Waals surface area contributed by atoms with Gasteiger partial charge in [0.2, 0.25) is 16.0 Å². The topological polar surface area (TPSA) is 129 Å². The van der Waals surface area contributed by atoms with Gasteiger partial charge in [-0.1, -0.05) is 0 Å². The minimum Gasteiger partial charge on any atom is -0.394 e. The van der Waals surface area contributed by atoms with E-state index in [2.05, 4.69) is 46.2 Å². The van der Waals surface area contributed by atoms with Crippen LogP contribution < -0.4 is 15.4 Å². The molecule has 0 bridgehead atoms. The molecule has 156 valence electrons. The summed E-state index contributed by atoms with van der Waals surface area (Å²) < 4.78 is 27.8. The lowest BCUT2D eigenvalue weighted by molar-refractivity contribution is 0.281. The molecule has 1 aliphatic rings. The number of anilines is 2. The third kappa shape index (κ3) is 6.12. The van der Waals surface area contributed by atoms with E-state index in [1.165, 1.54) is 11.8 Å². The molecular formula is C17H21BrN6O3S2. The summed E-state index contributed by atoms with van der Waals surface area (Å²) in [5.74, 6) is 0.883. The summed E-state index contributed by atoms with van der Waals surface area (Å²) in [6.45, 7) is 2.01. The molecule has 0 fully saturated rings. The number of sulfonamides is 1. The molecule has 1 unspecified atom stereocenters. The first kappa shape index (κ1) is 22.0. The van der Waals surface area contributed by atoms with Crippen molar-refractivity contribution in [2.75, 3.05) is 17.2 Å². The third-order valence-corrected chi connectivity index (χ3v) is 7.97. The van der Waals surface area contributed by atoms with Gasteiger partial charge in [0.1, 0.15) is 10.4 Å². The number of allylic oxidation sites excluding steroid dienone is 1. The molecule has 0 spiro atoms. The summed E-state index contributed by atoms with van der Waals surface area (Å²) in [5.41, 5.74) is 1.57. The van der Waals surface area contributed by atoms with E-state index in [4.69, 9.17) is 0 Å². The van der Waals surface area contributed by atoms with Crippen molar-refractivity contribution in [3.05, 3.63) is 51.9 Å². The molecule has 0 aromatic carbocycles. The Morgan fingerprint density at radius 3 is 2.86 bits per heavy atom. The van der Waals surface area contributed by atoms with Crippen molar-refractivity contribution in [3.63, 3.8) is 0 Å². The molecule has 0 saturated heterocycles. The molecule has 0 amide bonds. The van der Waals surface area contributed by atoms with Gasteiger partial charge in [-0.15, -0.1) is 11.8 Å². The van der Waals surface area contributed by atoms with Gasteiger partial charge in [0.15, 0.2) is 0 Å². The Labute approximate surface area is 182 Å². The van der Waals surface area contributed by atoms with Gasteiger partial charge < -0.3 is 15.7 Å². The Hall–Kier alpha value is -1.73. The molecule has 3 rings (SSSR count). The van der Waals surface area contributed by atoms with E-state index < -0.39 is 14.6 Å². The monoisotopic (exact) mass is 500 g/mol. The minimum absolute atomic E-state index is 0.0347. The maximum atomic E-state index is 12.6.